The summed E-state index contributed by atoms with van der Waals surface area (Å²) < 4.78 is 43.1. The van der Waals surface area contributed by atoms with Gasteiger partial charge in [-0.15, -0.1) is 6.58 Å². The number of hydrogen-bond acceptors (Lipinski definition) is 13. The van der Waals surface area contributed by atoms with Crippen molar-refractivity contribution in [1.29, 1.82) is 0 Å². The highest BCUT2D eigenvalue weighted by atomic mass is 16.7. The molecular formula is C57H77N3O12. The van der Waals surface area contributed by atoms with Gasteiger partial charge in [0.05, 0.1) is 38.1 Å². The molecule has 0 spiro atoms. The van der Waals surface area contributed by atoms with E-state index in [-0.39, 0.29) is 63.2 Å². The van der Waals surface area contributed by atoms with Crippen LogP contribution in [0.4, 0.5) is 10.5 Å². The van der Waals surface area contributed by atoms with E-state index in [0.717, 1.165) is 68.1 Å². The Labute approximate surface area is 425 Å². The molecule has 392 valence electrons. The van der Waals surface area contributed by atoms with Gasteiger partial charge in [-0.1, -0.05) is 94.5 Å². The molecule has 0 saturated heterocycles. The second kappa shape index (κ2) is 26.8. The largest absolute Gasteiger partial charge is 0.497 e. The summed E-state index contributed by atoms with van der Waals surface area (Å²) in [7, 11) is 4.61. The number of aliphatic hydroxyl groups excluding tert-OH is 2. The Balaban J connectivity index is 1.33. The van der Waals surface area contributed by atoms with Gasteiger partial charge in [0.25, 0.3) is 0 Å². The highest BCUT2D eigenvalue weighted by molar-refractivity contribution is 6.03. The molecule has 0 radical (unpaired) electrons. The maximum Gasteiger partial charge on any atom is 0.417 e. The summed E-state index contributed by atoms with van der Waals surface area (Å²) in [6.07, 6.45) is 18.3. The van der Waals surface area contributed by atoms with Crippen molar-refractivity contribution in [3.8, 4) is 34.5 Å². The third-order valence-electron chi connectivity index (χ3n) is 14.7. The lowest BCUT2D eigenvalue weighted by molar-refractivity contribution is -0.258. The van der Waals surface area contributed by atoms with Gasteiger partial charge in [-0.05, 0) is 97.5 Å². The molecule has 1 saturated carbocycles. The first kappa shape index (κ1) is 54.0. The molecule has 3 aromatic rings. The van der Waals surface area contributed by atoms with Gasteiger partial charge < -0.3 is 53.1 Å². The summed E-state index contributed by atoms with van der Waals surface area (Å²) in [4.78, 5) is 36.6. The number of benzene rings is 3. The van der Waals surface area contributed by atoms with Crippen LogP contribution in [-0.2, 0) is 20.9 Å². The minimum Gasteiger partial charge on any atom is -0.497 e. The number of hydrogen-bond donors (Lipinski definition) is 3. The molecule has 15 heteroatoms. The number of methoxy groups -OCH3 is 2. The zero-order valence-corrected chi connectivity index (χ0v) is 42.9. The number of ether oxygens (including phenoxy) is 7. The van der Waals surface area contributed by atoms with Crippen molar-refractivity contribution >= 4 is 23.4 Å². The molecule has 7 rings (SSSR count). The van der Waals surface area contributed by atoms with Crippen LogP contribution in [-0.4, -0.2) is 92.6 Å². The summed E-state index contributed by atoms with van der Waals surface area (Å²) in [6, 6.07) is 15.6. The molecule has 3 N–H and O–H groups in total. The molecule has 0 unspecified atom stereocenters. The molecule has 2 aliphatic heterocycles. The Morgan fingerprint density at radius 1 is 0.833 bits per heavy atom. The molecule has 72 heavy (non-hydrogen) atoms. The van der Waals surface area contributed by atoms with E-state index in [0.29, 0.717) is 65.2 Å². The predicted molar refractivity (Wildman–Crippen MR) is 276 cm³/mol. The van der Waals surface area contributed by atoms with Crippen molar-refractivity contribution in [3.63, 3.8) is 0 Å². The van der Waals surface area contributed by atoms with Gasteiger partial charge in [0.1, 0.15) is 36.1 Å². The lowest BCUT2D eigenvalue weighted by Gasteiger charge is -2.60. The van der Waals surface area contributed by atoms with Crippen LogP contribution in [0.5, 0.6) is 34.5 Å². The summed E-state index contributed by atoms with van der Waals surface area (Å²) in [5.41, 5.74) is 3.68. The maximum atomic E-state index is 15.3. The number of anilines is 1. The molecule has 3 aromatic carbocycles. The van der Waals surface area contributed by atoms with Crippen molar-refractivity contribution in [2.45, 2.75) is 140 Å². The van der Waals surface area contributed by atoms with Gasteiger partial charge in [0, 0.05) is 50.1 Å². The second-order valence-corrected chi connectivity index (χ2v) is 19.3. The fourth-order valence-corrected chi connectivity index (χ4v) is 11.3. The number of oxime groups is 1. The quantitative estimate of drug-likeness (QED) is 0.0341. The van der Waals surface area contributed by atoms with Crippen LogP contribution in [0.3, 0.4) is 0 Å². The minimum atomic E-state index is -1.47. The van der Waals surface area contributed by atoms with Gasteiger partial charge in [0.2, 0.25) is 18.5 Å². The Morgan fingerprint density at radius 3 is 2.28 bits per heavy atom. The monoisotopic (exact) mass is 996 g/mol. The standard InChI is InChI=1S/C57H77N3O12/c1-6-8-9-10-11-12-13-14-15-22-53(63)60(37-39-23-27-49-51(32-39)69-38-68-49)52-36-47(59-67-5)44-33-40(20-16-18-29-61)43(21-17-19-30-62)54-45-34-42(25-28-48(45)72-57(52,55(44)54)70-31-7-2)71-56(64)58-46-26-24-41(65-3)35-50(46)66-4/h7,23-28,32-35,40,43,52,54-55,61-62H,2,6,8-22,29-31,36-38H2,1,3-5H3,(H,58,64)/t40-,43+,52-,54+,55+,57+/m0/s1. The number of aliphatic hydroxyl groups is 2. The Hall–Kier alpha value is -5.77. The molecule has 6 atom stereocenters. The van der Waals surface area contributed by atoms with Crippen molar-refractivity contribution in [3.05, 3.63) is 90.0 Å². The zero-order valence-electron chi connectivity index (χ0n) is 42.9. The van der Waals surface area contributed by atoms with E-state index in [1.807, 2.05) is 35.2 Å². The number of rotatable bonds is 29. The van der Waals surface area contributed by atoms with Gasteiger partial charge in [-0.25, -0.2) is 4.79 Å². The van der Waals surface area contributed by atoms with Gasteiger partial charge in [0.15, 0.2) is 11.5 Å². The lowest BCUT2D eigenvalue weighted by Crippen LogP contribution is -2.70. The number of amides is 2. The fraction of sp³-hybridized carbons (Fsp3) is 0.561. The average molecular weight is 996 g/mol. The average Bonchev–Trinajstić information content (AvgIpc) is 3.86. The summed E-state index contributed by atoms with van der Waals surface area (Å²) in [6.45, 7) is 6.92. The molecule has 2 aliphatic carbocycles. The van der Waals surface area contributed by atoms with Gasteiger partial charge >= 0.3 is 6.09 Å². The smallest absolute Gasteiger partial charge is 0.417 e. The van der Waals surface area contributed by atoms with E-state index in [1.165, 1.54) is 46.3 Å². The zero-order chi connectivity index (χ0) is 50.9. The van der Waals surface area contributed by atoms with Crippen LogP contribution < -0.4 is 33.7 Å². The number of allylic oxidation sites excluding steroid dienone is 1. The molecular weight excluding hydrogens is 919 g/mol. The van der Waals surface area contributed by atoms with Crippen LogP contribution in [0.2, 0.25) is 0 Å². The normalized spacial score (nSPS) is 21.9. The molecule has 15 nitrogen and oxygen atoms in total. The first-order valence-corrected chi connectivity index (χ1v) is 26.2. The number of fused-ring (bicyclic) bond motifs is 3. The third kappa shape index (κ3) is 12.9. The molecule has 2 amide bonds. The Morgan fingerprint density at radius 2 is 1.56 bits per heavy atom. The third-order valence-corrected chi connectivity index (χ3v) is 14.7. The number of unbranched alkanes of at least 4 members (excludes halogenated alkanes) is 10. The Bertz CT molecular complexity index is 2340. The fourth-order valence-electron chi connectivity index (χ4n) is 11.3. The second-order valence-electron chi connectivity index (χ2n) is 19.3. The maximum absolute atomic E-state index is 15.3. The number of nitrogens with zero attached hydrogens (tertiary/aromatic N) is 2. The first-order chi connectivity index (χ1) is 35.2. The number of carbonyl (C=O) groups is 2. The van der Waals surface area contributed by atoms with Gasteiger partial charge in [-0.2, -0.15) is 0 Å². The van der Waals surface area contributed by atoms with E-state index < -0.39 is 23.8 Å². The first-order valence-electron chi connectivity index (χ1n) is 26.2. The van der Waals surface area contributed by atoms with E-state index in [2.05, 4.69) is 24.9 Å². The minimum absolute atomic E-state index is 0.0153. The van der Waals surface area contributed by atoms with Crippen molar-refractivity contribution in [1.82, 2.24) is 4.90 Å². The Kier molecular flexibility index (Phi) is 20.1. The van der Waals surface area contributed by atoms with Crippen molar-refractivity contribution in [2.75, 3.05) is 53.3 Å². The summed E-state index contributed by atoms with van der Waals surface area (Å²) in [5.74, 6) is 0.696. The van der Waals surface area contributed by atoms with Crippen LogP contribution >= 0.6 is 0 Å². The van der Waals surface area contributed by atoms with E-state index in [4.69, 9.17) is 43.2 Å². The highest BCUT2D eigenvalue weighted by Crippen LogP contribution is 2.62. The predicted octanol–water partition coefficient (Wildman–Crippen LogP) is 11.3. The van der Waals surface area contributed by atoms with E-state index >= 15 is 4.79 Å². The highest BCUT2D eigenvalue weighted by Gasteiger charge is 2.65. The topological polar surface area (TPSA) is 176 Å². The molecule has 2 heterocycles. The van der Waals surface area contributed by atoms with Gasteiger partial charge in [-0.3, -0.25) is 10.1 Å². The van der Waals surface area contributed by atoms with Crippen LogP contribution in [0.25, 0.3) is 0 Å². The lowest BCUT2D eigenvalue weighted by atomic mass is 9.55. The number of nitrogens with one attached hydrogen (secondary N) is 1. The molecule has 0 bridgehead atoms. The molecule has 4 aliphatic rings. The van der Waals surface area contributed by atoms with Crippen LogP contribution in [0.15, 0.2) is 84.1 Å². The van der Waals surface area contributed by atoms with E-state index in [1.54, 1.807) is 37.5 Å². The number of carbonyl (C=O) groups excluding carboxylic acids is 2. The van der Waals surface area contributed by atoms with Crippen molar-refractivity contribution < 1.29 is 57.8 Å². The molecule has 1 fully saturated rings. The SMILES string of the molecule is C=CCO[C@@]12Oc3ccc(OC(=O)Nc4ccc(OC)cc4OC)cc3[C@H]3[C@H](CCCCO)[C@@H](CCCCO)C=C(C(=NOC)C[C@@H]1N(Cc1ccc4c(c1)OCO4)C(=O)CCCCCCCCCCC)[C@H]32. The van der Waals surface area contributed by atoms with E-state index in [9.17, 15) is 15.0 Å². The summed E-state index contributed by atoms with van der Waals surface area (Å²) >= 11 is 0. The molecule has 0 aromatic heterocycles. The van der Waals surface area contributed by atoms with Crippen LogP contribution in [0.1, 0.15) is 133 Å². The summed E-state index contributed by atoms with van der Waals surface area (Å²) in [5, 5.41) is 27.6. The van der Waals surface area contributed by atoms with Crippen molar-refractivity contribution in [2.24, 2.45) is 22.9 Å². The van der Waals surface area contributed by atoms with Crippen LogP contribution in [0, 0.1) is 17.8 Å².